The van der Waals surface area contributed by atoms with Crippen molar-refractivity contribution in [3.63, 3.8) is 0 Å². The van der Waals surface area contributed by atoms with Crippen LogP contribution in [-0.2, 0) is 14.8 Å². The van der Waals surface area contributed by atoms with Gasteiger partial charge in [-0.3, -0.25) is 0 Å². The van der Waals surface area contributed by atoms with Gasteiger partial charge < -0.3 is 4.74 Å². The van der Waals surface area contributed by atoms with Crippen LogP contribution in [0.4, 0.5) is 0 Å². The van der Waals surface area contributed by atoms with Crippen molar-refractivity contribution in [2.24, 2.45) is 0 Å². The number of alkyl halides is 1. The quantitative estimate of drug-likeness (QED) is 0.522. The fourth-order valence-corrected chi connectivity index (χ4v) is 3.56. The lowest BCUT2D eigenvalue weighted by atomic mass is 9.98. The molecule has 0 aromatic heterocycles. The Morgan fingerprint density at radius 1 is 1.38 bits per heavy atom. The van der Waals surface area contributed by atoms with Crippen molar-refractivity contribution in [2.45, 2.75) is 39.2 Å². The monoisotopic (exact) mass is 315 g/mol. The van der Waals surface area contributed by atoms with Crippen molar-refractivity contribution in [1.82, 2.24) is 4.72 Å². The Labute approximate surface area is 107 Å². The first-order valence-corrected chi connectivity index (χ1v) is 8.32. The van der Waals surface area contributed by atoms with E-state index < -0.39 is 10.0 Å². The molecule has 0 radical (unpaired) electrons. The lowest BCUT2D eigenvalue weighted by Gasteiger charge is -2.28. The van der Waals surface area contributed by atoms with Crippen LogP contribution in [0.1, 0.15) is 33.6 Å². The lowest BCUT2D eigenvalue weighted by molar-refractivity contribution is 0.163. The number of hydrogen-bond donors (Lipinski definition) is 1. The average Bonchev–Trinajstić information content (AvgIpc) is 2.17. The lowest BCUT2D eigenvalue weighted by Crippen LogP contribution is -2.47. The van der Waals surface area contributed by atoms with Gasteiger partial charge in [0.1, 0.15) is 0 Å². The number of nitrogens with one attached hydrogen (secondary N) is 1. The molecule has 1 N–H and O–H groups in total. The van der Waals surface area contributed by atoms with Crippen molar-refractivity contribution in [2.75, 3.05) is 24.3 Å². The van der Waals surface area contributed by atoms with Crippen LogP contribution in [0.2, 0.25) is 0 Å². The van der Waals surface area contributed by atoms with Gasteiger partial charge in [-0.15, -0.1) is 0 Å². The van der Waals surface area contributed by atoms with Crippen LogP contribution in [0.25, 0.3) is 0 Å². The van der Waals surface area contributed by atoms with E-state index in [0.29, 0.717) is 6.61 Å². The molecule has 4 nitrogen and oxygen atoms in total. The fraction of sp³-hybridized carbons (Fsp3) is 1.00. The summed E-state index contributed by atoms with van der Waals surface area (Å²) in [6.45, 7) is 6.54. The molecule has 0 aliphatic carbocycles. The smallest absolute Gasteiger partial charge is 0.214 e. The van der Waals surface area contributed by atoms with Crippen molar-refractivity contribution >= 4 is 26.0 Å². The first-order valence-electron chi connectivity index (χ1n) is 5.54. The van der Waals surface area contributed by atoms with Crippen LogP contribution >= 0.6 is 15.9 Å². The predicted octanol–water partition coefficient (Wildman–Crippen LogP) is 1.90. The largest absolute Gasteiger partial charge is 0.381 e. The van der Waals surface area contributed by atoms with Crippen LogP contribution in [-0.4, -0.2) is 38.3 Å². The van der Waals surface area contributed by atoms with E-state index >= 15 is 0 Å². The second kappa shape index (κ2) is 7.63. The number of ether oxygens (including phenoxy) is 1. The van der Waals surface area contributed by atoms with E-state index in [2.05, 4.69) is 20.7 Å². The molecule has 0 aliphatic rings. The first-order chi connectivity index (χ1) is 7.39. The van der Waals surface area contributed by atoms with Gasteiger partial charge in [-0.1, -0.05) is 22.9 Å². The van der Waals surface area contributed by atoms with Crippen LogP contribution < -0.4 is 4.72 Å². The Bertz CT molecular complexity index is 282. The number of sulfonamides is 1. The first kappa shape index (κ1) is 16.4. The zero-order valence-electron chi connectivity index (χ0n) is 10.3. The molecule has 0 aromatic carbocycles. The highest BCUT2D eigenvalue weighted by atomic mass is 79.9. The third-order valence-electron chi connectivity index (χ3n) is 2.53. The summed E-state index contributed by atoms with van der Waals surface area (Å²) in [5.74, 6) is 0.0265. The minimum atomic E-state index is -3.24. The van der Waals surface area contributed by atoms with E-state index in [1.54, 1.807) is 0 Å². The van der Waals surface area contributed by atoms with E-state index in [9.17, 15) is 8.42 Å². The molecule has 0 aromatic rings. The van der Waals surface area contributed by atoms with Gasteiger partial charge in [-0.25, -0.2) is 13.1 Å². The maximum Gasteiger partial charge on any atom is 0.214 e. The third-order valence-corrected chi connectivity index (χ3v) is 4.43. The van der Waals surface area contributed by atoms with E-state index in [-0.39, 0.29) is 17.9 Å². The topological polar surface area (TPSA) is 55.4 Å². The van der Waals surface area contributed by atoms with Crippen LogP contribution in [0.3, 0.4) is 0 Å². The van der Waals surface area contributed by atoms with Crippen molar-refractivity contribution in [1.29, 1.82) is 0 Å². The number of halogens is 1. The minimum absolute atomic E-state index is 0.0265. The number of rotatable bonds is 9. The van der Waals surface area contributed by atoms with Gasteiger partial charge in [0.25, 0.3) is 0 Å². The summed E-state index contributed by atoms with van der Waals surface area (Å²) in [5, 5.41) is 0.783. The molecule has 16 heavy (non-hydrogen) atoms. The second-order valence-corrected chi connectivity index (χ2v) is 6.61. The Morgan fingerprint density at radius 2 is 2.00 bits per heavy atom. The maximum absolute atomic E-state index is 11.7. The van der Waals surface area contributed by atoms with Gasteiger partial charge in [0.15, 0.2) is 0 Å². The molecular formula is C10H22BrNO3S. The van der Waals surface area contributed by atoms with E-state index in [1.807, 2.05) is 20.8 Å². The Hall–Kier alpha value is 0.350. The molecule has 0 rings (SSSR count). The molecule has 0 fully saturated rings. The van der Waals surface area contributed by atoms with Gasteiger partial charge in [-0.05, 0) is 26.7 Å². The molecule has 1 atom stereocenters. The highest BCUT2D eigenvalue weighted by Gasteiger charge is 2.26. The molecule has 0 saturated heterocycles. The zero-order chi connectivity index (χ0) is 12.7. The van der Waals surface area contributed by atoms with E-state index in [0.717, 1.165) is 18.2 Å². The minimum Gasteiger partial charge on any atom is -0.381 e. The summed E-state index contributed by atoms with van der Waals surface area (Å²) < 4.78 is 31.3. The van der Waals surface area contributed by atoms with Crippen molar-refractivity contribution < 1.29 is 13.2 Å². The fourth-order valence-electron chi connectivity index (χ4n) is 1.25. The second-order valence-electron chi connectivity index (χ2n) is 3.97. The predicted molar refractivity (Wildman–Crippen MR) is 70.5 cm³/mol. The summed E-state index contributed by atoms with van der Waals surface area (Å²) in [5.41, 5.74) is -0.367. The highest BCUT2D eigenvalue weighted by Crippen LogP contribution is 2.17. The van der Waals surface area contributed by atoms with E-state index in [4.69, 9.17) is 4.74 Å². The SMILES string of the molecule is CCOCCS(=O)(=O)NC(C)(CC)CCBr. The maximum atomic E-state index is 11.7. The van der Waals surface area contributed by atoms with Crippen molar-refractivity contribution in [3.8, 4) is 0 Å². The molecule has 0 saturated carbocycles. The van der Waals surface area contributed by atoms with Crippen LogP contribution in [0.15, 0.2) is 0 Å². The molecule has 0 heterocycles. The summed E-state index contributed by atoms with van der Waals surface area (Å²) in [6, 6.07) is 0. The summed E-state index contributed by atoms with van der Waals surface area (Å²) >= 11 is 3.34. The molecule has 0 aliphatic heterocycles. The van der Waals surface area contributed by atoms with Crippen LogP contribution in [0.5, 0.6) is 0 Å². The Kier molecular flexibility index (Phi) is 7.80. The standard InChI is InChI=1S/C10H22BrNO3S/c1-4-10(3,6-7-11)12-16(13,14)9-8-15-5-2/h12H,4-9H2,1-3H3. The molecule has 0 amide bonds. The van der Waals surface area contributed by atoms with Gasteiger partial charge in [-0.2, -0.15) is 0 Å². The Morgan fingerprint density at radius 3 is 2.44 bits per heavy atom. The molecule has 6 heteroatoms. The molecule has 0 spiro atoms. The average molecular weight is 316 g/mol. The van der Waals surface area contributed by atoms with Gasteiger partial charge in [0.2, 0.25) is 10.0 Å². The molecular weight excluding hydrogens is 294 g/mol. The summed E-state index contributed by atoms with van der Waals surface area (Å²) in [7, 11) is -3.24. The summed E-state index contributed by atoms with van der Waals surface area (Å²) in [4.78, 5) is 0. The van der Waals surface area contributed by atoms with E-state index in [1.165, 1.54) is 0 Å². The summed E-state index contributed by atoms with van der Waals surface area (Å²) in [6.07, 6.45) is 1.55. The molecule has 0 bridgehead atoms. The highest BCUT2D eigenvalue weighted by molar-refractivity contribution is 9.09. The zero-order valence-corrected chi connectivity index (χ0v) is 12.7. The van der Waals surface area contributed by atoms with Gasteiger partial charge >= 0.3 is 0 Å². The molecule has 98 valence electrons. The number of hydrogen-bond acceptors (Lipinski definition) is 3. The van der Waals surface area contributed by atoms with Gasteiger partial charge in [0.05, 0.1) is 12.4 Å². The van der Waals surface area contributed by atoms with Crippen molar-refractivity contribution in [3.05, 3.63) is 0 Å². The Balaban J connectivity index is 4.31. The normalized spacial score (nSPS) is 16.0. The molecule has 1 unspecified atom stereocenters. The third kappa shape index (κ3) is 6.83. The van der Waals surface area contributed by atoms with Gasteiger partial charge in [0, 0.05) is 17.5 Å². The van der Waals surface area contributed by atoms with Crippen LogP contribution in [0, 0.1) is 0 Å².